The van der Waals surface area contributed by atoms with Gasteiger partial charge >= 0.3 is 5.97 Å². The lowest BCUT2D eigenvalue weighted by molar-refractivity contribution is -0.138. The number of carbonyl (C=O) groups is 2. The Labute approximate surface area is 110 Å². The molecular weight excluding hydrogens is 250 g/mol. The number of carbonyl (C=O) groups excluding carboxylic acids is 1. The molecule has 1 aromatic heterocycles. The van der Waals surface area contributed by atoms with Crippen LogP contribution >= 0.6 is 0 Å². The number of aromatic nitrogens is 1. The van der Waals surface area contributed by atoms with Crippen molar-refractivity contribution in [3.63, 3.8) is 0 Å². The van der Waals surface area contributed by atoms with Gasteiger partial charge in [-0.2, -0.15) is 0 Å². The van der Waals surface area contributed by atoms with Gasteiger partial charge in [0.1, 0.15) is 5.76 Å². The first-order chi connectivity index (χ1) is 9.02. The van der Waals surface area contributed by atoms with E-state index in [2.05, 4.69) is 10.5 Å². The zero-order valence-corrected chi connectivity index (χ0v) is 10.8. The van der Waals surface area contributed by atoms with Crippen molar-refractivity contribution in [2.75, 3.05) is 25.0 Å². The molecule has 1 heterocycles. The van der Waals surface area contributed by atoms with Gasteiger partial charge in [-0.25, -0.2) is 0 Å². The summed E-state index contributed by atoms with van der Waals surface area (Å²) >= 11 is 0. The number of anilines is 1. The summed E-state index contributed by atoms with van der Waals surface area (Å²) < 4.78 is 4.84. The predicted octanol–water partition coefficient (Wildman–Crippen LogP) is 0.718. The molecular formula is C12H17N3O4. The number of rotatable bonds is 7. The van der Waals surface area contributed by atoms with Gasteiger partial charge in [-0.15, -0.1) is 0 Å². The lowest BCUT2D eigenvalue weighted by Crippen LogP contribution is -2.38. The second-order valence-electron chi connectivity index (χ2n) is 4.88. The molecule has 2 N–H and O–H groups in total. The molecule has 1 saturated carbocycles. The summed E-state index contributed by atoms with van der Waals surface area (Å²) in [6.45, 7) is 2.31. The van der Waals surface area contributed by atoms with Crippen LogP contribution in [0.4, 0.5) is 5.82 Å². The maximum atomic E-state index is 11.8. The standard InChI is InChI=1S/C12H17N3O4/c1-8-4-10(14-19-8)13-11(16)6-15(7-12(17)18)5-9-2-3-9/h4,9H,2-3,5-7H2,1H3,(H,17,18)(H,13,14,16). The number of nitrogens with one attached hydrogen (secondary N) is 1. The molecule has 7 nitrogen and oxygen atoms in total. The van der Waals surface area contributed by atoms with Gasteiger partial charge in [-0.05, 0) is 25.7 Å². The van der Waals surface area contributed by atoms with Gasteiger partial charge in [0, 0.05) is 12.6 Å². The van der Waals surface area contributed by atoms with E-state index in [1.807, 2.05) is 0 Å². The molecule has 0 radical (unpaired) electrons. The van der Waals surface area contributed by atoms with Crippen LogP contribution in [0, 0.1) is 12.8 Å². The fourth-order valence-electron chi connectivity index (χ4n) is 1.85. The average Bonchev–Trinajstić information content (AvgIpc) is 3.00. The first-order valence-electron chi connectivity index (χ1n) is 6.20. The zero-order chi connectivity index (χ0) is 13.8. The molecule has 0 spiro atoms. The predicted molar refractivity (Wildman–Crippen MR) is 66.7 cm³/mol. The molecule has 1 aromatic rings. The maximum absolute atomic E-state index is 11.8. The highest BCUT2D eigenvalue weighted by molar-refractivity contribution is 5.91. The van der Waals surface area contributed by atoms with Crippen molar-refractivity contribution in [3.05, 3.63) is 11.8 Å². The first-order valence-corrected chi connectivity index (χ1v) is 6.20. The maximum Gasteiger partial charge on any atom is 0.317 e. The minimum atomic E-state index is -0.925. The van der Waals surface area contributed by atoms with Crippen molar-refractivity contribution < 1.29 is 19.2 Å². The van der Waals surface area contributed by atoms with Gasteiger partial charge < -0.3 is 14.9 Å². The highest BCUT2D eigenvalue weighted by atomic mass is 16.5. The number of hydrogen-bond donors (Lipinski definition) is 2. The topological polar surface area (TPSA) is 95.7 Å². The van der Waals surface area contributed by atoms with Crippen molar-refractivity contribution in [2.24, 2.45) is 5.92 Å². The number of carboxylic acid groups (broad SMARTS) is 1. The van der Waals surface area contributed by atoms with E-state index in [1.54, 1.807) is 17.9 Å². The first kappa shape index (κ1) is 13.5. The van der Waals surface area contributed by atoms with Crippen LogP contribution < -0.4 is 5.32 Å². The summed E-state index contributed by atoms with van der Waals surface area (Å²) in [5.74, 6) is 0.280. The van der Waals surface area contributed by atoms with E-state index in [0.717, 1.165) is 12.8 Å². The summed E-state index contributed by atoms with van der Waals surface area (Å²) in [6.07, 6.45) is 2.22. The molecule has 0 bridgehead atoms. The largest absolute Gasteiger partial charge is 0.480 e. The summed E-state index contributed by atoms with van der Waals surface area (Å²) in [4.78, 5) is 24.2. The van der Waals surface area contributed by atoms with Crippen LogP contribution in [0.25, 0.3) is 0 Å². The van der Waals surface area contributed by atoms with Crippen molar-refractivity contribution in [3.8, 4) is 0 Å². The number of nitrogens with zero attached hydrogens (tertiary/aromatic N) is 2. The summed E-state index contributed by atoms with van der Waals surface area (Å²) in [6, 6.07) is 1.61. The molecule has 0 aliphatic heterocycles. The van der Waals surface area contributed by atoms with Crippen LogP contribution in [0.15, 0.2) is 10.6 Å². The van der Waals surface area contributed by atoms with Gasteiger partial charge in [0.2, 0.25) is 5.91 Å². The third-order valence-corrected chi connectivity index (χ3v) is 2.83. The Morgan fingerprint density at radius 1 is 1.53 bits per heavy atom. The SMILES string of the molecule is Cc1cc(NC(=O)CN(CC(=O)O)CC2CC2)no1. The number of aliphatic carboxylic acids is 1. The van der Waals surface area contributed by atoms with Crippen LogP contribution in [0.3, 0.4) is 0 Å². The van der Waals surface area contributed by atoms with Crippen LogP contribution in [0.2, 0.25) is 0 Å². The van der Waals surface area contributed by atoms with E-state index in [1.165, 1.54) is 0 Å². The Balaban J connectivity index is 1.84. The van der Waals surface area contributed by atoms with E-state index in [-0.39, 0.29) is 19.0 Å². The van der Waals surface area contributed by atoms with Gasteiger partial charge in [-0.1, -0.05) is 5.16 Å². The van der Waals surface area contributed by atoms with Crippen molar-refractivity contribution in [2.45, 2.75) is 19.8 Å². The van der Waals surface area contributed by atoms with Gasteiger partial charge in [0.25, 0.3) is 0 Å². The molecule has 7 heteroatoms. The van der Waals surface area contributed by atoms with Gasteiger partial charge in [0.15, 0.2) is 5.82 Å². The normalized spacial score (nSPS) is 14.6. The van der Waals surface area contributed by atoms with Crippen LogP contribution in [0.1, 0.15) is 18.6 Å². The number of hydrogen-bond acceptors (Lipinski definition) is 5. The third-order valence-electron chi connectivity index (χ3n) is 2.83. The lowest BCUT2D eigenvalue weighted by Gasteiger charge is -2.18. The summed E-state index contributed by atoms with van der Waals surface area (Å²) in [5.41, 5.74) is 0. The second-order valence-corrected chi connectivity index (χ2v) is 4.88. The average molecular weight is 267 g/mol. The van der Waals surface area contributed by atoms with Crippen molar-refractivity contribution >= 4 is 17.7 Å². The highest BCUT2D eigenvalue weighted by Crippen LogP contribution is 2.29. The monoisotopic (exact) mass is 267 g/mol. The zero-order valence-electron chi connectivity index (χ0n) is 10.8. The lowest BCUT2D eigenvalue weighted by atomic mass is 10.3. The van der Waals surface area contributed by atoms with E-state index >= 15 is 0 Å². The van der Waals surface area contributed by atoms with Crippen molar-refractivity contribution in [1.82, 2.24) is 10.1 Å². The number of amides is 1. The third kappa shape index (κ3) is 4.70. The molecule has 1 aliphatic rings. The molecule has 104 valence electrons. The number of carboxylic acids is 1. The highest BCUT2D eigenvalue weighted by Gasteiger charge is 2.26. The molecule has 1 aliphatic carbocycles. The fraction of sp³-hybridized carbons (Fsp3) is 0.583. The summed E-state index contributed by atoms with van der Waals surface area (Å²) in [7, 11) is 0. The van der Waals surface area contributed by atoms with Crippen LogP contribution in [-0.2, 0) is 9.59 Å². The molecule has 2 rings (SSSR count). The quantitative estimate of drug-likeness (QED) is 0.755. The van der Waals surface area contributed by atoms with Crippen LogP contribution in [-0.4, -0.2) is 46.7 Å². The molecule has 1 fully saturated rings. The smallest absolute Gasteiger partial charge is 0.317 e. The van der Waals surface area contributed by atoms with Crippen LogP contribution in [0.5, 0.6) is 0 Å². The fourth-order valence-corrected chi connectivity index (χ4v) is 1.85. The second kappa shape index (κ2) is 5.83. The summed E-state index contributed by atoms with van der Waals surface area (Å²) in [5, 5.41) is 15.1. The Bertz CT molecular complexity index is 467. The van der Waals surface area contributed by atoms with E-state index < -0.39 is 5.97 Å². The van der Waals surface area contributed by atoms with Gasteiger partial charge in [0.05, 0.1) is 13.1 Å². The Hall–Kier alpha value is -1.89. The van der Waals surface area contributed by atoms with E-state index in [4.69, 9.17) is 9.63 Å². The minimum absolute atomic E-state index is 0.0503. The Morgan fingerprint density at radius 2 is 2.26 bits per heavy atom. The van der Waals surface area contributed by atoms with E-state index in [9.17, 15) is 9.59 Å². The molecule has 1 amide bonds. The molecule has 19 heavy (non-hydrogen) atoms. The number of aryl methyl sites for hydroxylation is 1. The van der Waals surface area contributed by atoms with Crippen molar-refractivity contribution in [1.29, 1.82) is 0 Å². The Kier molecular flexibility index (Phi) is 4.16. The molecule has 0 saturated heterocycles. The molecule has 0 unspecified atom stereocenters. The van der Waals surface area contributed by atoms with Gasteiger partial charge in [-0.3, -0.25) is 14.5 Å². The van der Waals surface area contributed by atoms with E-state index in [0.29, 0.717) is 24.0 Å². The minimum Gasteiger partial charge on any atom is -0.480 e. The molecule has 0 aromatic carbocycles. The molecule has 0 atom stereocenters. The Morgan fingerprint density at radius 3 is 2.79 bits per heavy atom.